The molecule has 0 amide bonds. The van der Waals surface area contributed by atoms with E-state index in [1.807, 2.05) is 0 Å². The Hall–Kier alpha value is -0.370. The molecule has 2 nitrogen and oxygen atoms in total. The minimum absolute atomic E-state index is 0.266. The molecule has 1 fully saturated rings. The molecule has 1 atom stereocenters. The summed E-state index contributed by atoms with van der Waals surface area (Å²) in [6.07, 6.45) is 6.98. The highest BCUT2D eigenvalue weighted by Crippen LogP contribution is 2.16. The largest absolute Gasteiger partial charge is 0.370 e. The van der Waals surface area contributed by atoms with Crippen molar-refractivity contribution in [1.82, 2.24) is 0 Å². The van der Waals surface area contributed by atoms with E-state index in [1.54, 1.807) is 0 Å². The van der Waals surface area contributed by atoms with E-state index in [-0.39, 0.29) is 5.78 Å². The Bertz CT molecular complexity index is 133. The number of hydrogen-bond acceptors (Lipinski definition) is 2. The van der Waals surface area contributed by atoms with Gasteiger partial charge in [0, 0.05) is 6.42 Å². The molecule has 70 valence electrons. The minimum atomic E-state index is 0.266. The third kappa shape index (κ3) is 3.35. The third-order valence-corrected chi connectivity index (χ3v) is 2.35. The molecular weight excluding hydrogens is 152 g/mol. The van der Waals surface area contributed by atoms with Gasteiger partial charge in [0.15, 0.2) is 5.78 Å². The second-order valence-corrected chi connectivity index (χ2v) is 3.51. The topological polar surface area (TPSA) is 26.3 Å². The molecule has 0 aromatic rings. The number of ketones is 1. The smallest absolute Gasteiger partial charge is 0.158 e. The summed E-state index contributed by atoms with van der Waals surface area (Å²) in [5.74, 6) is 0.266. The number of carbonyl (C=O) groups excluding carboxylic acids is 1. The van der Waals surface area contributed by atoms with Gasteiger partial charge >= 0.3 is 0 Å². The third-order valence-electron chi connectivity index (χ3n) is 2.35. The highest BCUT2D eigenvalue weighted by molar-refractivity contribution is 5.80. The second-order valence-electron chi connectivity index (χ2n) is 3.51. The molecule has 1 unspecified atom stereocenters. The monoisotopic (exact) mass is 170 g/mol. The lowest BCUT2D eigenvalue weighted by Gasteiger charge is -2.21. The van der Waals surface area contributed by atoms with Gasteiger partial charge in [0.1, 0.15) is 6.61 Å². The Morgan fingerprint density at radius 3 is 2.92 bits per heavy atom. The van der Waals surface area contributed by atoms with E-state index in [1.165, 1.54) is 19.3 Å². The first-order valence-electron chi connectivity index (χ1n) is 4.96. The average molecular weight is 170 g/mol. The van der Waals surface area contributed by atoms with Crippen molar-refractivity contribution in [2.24, 2.45) is 0 Å². The first-order valence-corrected chi connectivity index (χ1v) is 4.96. The molecule has 0 aromatic heterocycles. The molecule has 1 saturated heterocycles. The molecule has 1 aliphatic heterocycles. The first kappa shape index (κ1) is 9.72. The van der Waals surface area contributed by atoms with Crippen LogP contribution in [0.3, 0.4) is 0 Å². The van der Waals surface area contributed by atoms with Gasteiger partial charge in [0.05, 0.1) is 6.10 Å². The van der Waals surface area contributed by atoms with Crippen molar-refractivity contribution in [3.63, 3.8) is 0 Å². The van der Waals surface area contributed by atoms with E-state index in [0.717, 1.165) is 19.3 Å². The summed E-state index contributed by atoms with van der Waals surface area (Å²) < 4.78 is 5.39. The maximum Gasteiger partial charge on any atom is 0.158 e. The van der Waals surface area contributed by atoms with Crippen LogP contribution < -0.4 is 0 Å². The lowest BCUT2D eigenvalue weighted by Crippen LogP contribution is -2.25. The molecule has 0 radical (unpaired) electrons. The van der Waals surface area contributed by atoms with Crippen molar-refractivity contribution in [3.8, 4) is 0 Å². The van der Waals surface area contributed by atoms with E-state index >= 15 is 0 Å². The summed E-state index contributed by atoms with van der Waals surface area (Å²) in [5.41, 5.74) is 0. The fourth-order valence-corrected chi connectivity index (χ4v) is 1.54. The highest BCUT2D eigenvalue weighted by atomic mass is 16.5. The van der Waals surface area contributed by atoms with Crippen molar-refractivity contribution < 1.29 is 9.53 Å². The second kappa shape index (κ2) is 5.31. The van der Waals surface area contributed by atoms with Crippen LogP contribution in [0.15, 0.2) is 0 Å². The predicted molar refractivity (Wildman–Crippen MR) is 48.1 cm³/mol. The number of hydrogen-bond donors (Lipinski definition) is 0. The quantitative estimate of drug-likeness (QED) is 0.605. The molecule has 1 aliphatic rings. The van der Waals surface area contributed by atoms with Crippen molar-refractivity contribution in [2.75, 3.05) is 6.61 Å². The molecule has 0 aromatic carbocycles. The van der Waals surface area contributed by atoms with E-state index in [2.05, 4.69) is 6.92 Å². The van der Waals surface area contributed by atoms with Gasteiger partial charge in [-0.2, -0.15) is 0 Å². The van der Waals surface area contributed by atoms with Crippen molar-refractivity contribution in [1.29, 1.82) is 0 Å². The fraction of sp³-hybridized carbons (Fsp3) is 0.900. The Morgan fingerprint density at radius 1 is 1.50 bits per heavy atom. The Labute approximate surface area is 74.3 Å². The lowest BCUT2D eigenvalue weighted by molar-refractivity contribution is -0.131. The molecule has 12 heavy (non-hydrogen) atoms. The van der Waals surface area contributed by atoms with Crippen LogP contribution in [0.4, 0.5) is 0 Å². The van der Waals surface area contributed by atoms with Crippen molar-refractivity contribution >= 4 is 5.78 Å². The van der Waals surface area contributed by atoms with Crippen LogP contribution in [-0.4, -0.2) is 18.5 Å². The number of carbonyl (C=O) groups is 1. The van der Waals surface area contributed by atoms with Gasteiger partial charge in [0.2, 0.25) is 0 Å². The fourth-order valence-electron chi connectivity index (χ4n) is 1.54. The van der Waals surface area contributed by atoms with E-state index < -0.39 is 0 Å². The summed E-state index contributed by atoms with van der Waals surface area (Å²) in [5, 5.41) is 0. The lowest BCUT2D eigenvalue weighted by atomic mass is 10.0. The van der Waals surface area contributed by atoms with Crippen molar-refractivity contribution in [3.05, 3.63) is 0 Å². The van der Waals surface area contributed by atoms with Crippen LogP contribution in [0.2, 0.25) is 0 Å². The Kier molecular flexibility index (Phi) is 4.30. The van der Waals surface area contributed by atoms with E-state index in [4.69, 9.17) is 4.74 Å². The van der Waals surface area contributed by atoms with Crippen LogP contribution in [0, 0.1) is 0 Å². The van der Waals surface area contributed by atoms with Gasteiger partial charge in [-0.1, -0.05) is 26.2 Å². The van der Waals surface area contributed by atoms with E-state index in [0.29, 0.717) is 12.7 Å². The van der Waals surface area contributed by atoms with Crippen LogP contribution in [0.5, 0.6) is 0 Å². The number of Topliss-reactive ketones (excluding diaryl/α,β-unsaturated/α-hetero) is 1. The molecule has 0 N–H and O–H groups in total. The highest BCUT2D eigenvalue weighted by Gasteiger charge is 2.17. The van der Waals surface area contributed by atoms with E-state index in [9.17, 15) is 4.79 Å². The van der Waals surface area contributed by atoms with Gasteiger partial charge in [-0.25, -0.2) is 0 Å². The van der Waals surface area contributed by atoms with Gasteiger partial charge in [-0.05, 0) is 12.8 Å². The first-order chi connectivity index (χ1) is 5.83. The minimum Gasteiger partial charge on any atom is -0.370 e. The Balaban J connectivity index is 2.05. The molecular formula is C10H18O2. The van der Waals surface area contributed by atoms with Gasteiger partial charge < -0.3 is 4.74 Å². The SMILES string of the molecule is CCCCCC1CCC(=O)CO1. The molecule has 2 heteroatoms. The maximum absolute atomic E-state index is 10.8. The van der Waals surface area contributed by atoms with Crippen LogP contribution in [0.1, 0.15) is 45.4 Å². The zero-order valence-corrected chi connectivity index (χ0v) is 7.84. The number of rotatable bonds is 4. The molecule has 0 spiro atoms. The van der Waals surface area contributed by atoms with Crippen LogP contribution in [0.25, 0.3) is 0 Å². The molecule has 0 saturated carbocycles. The molecule has 0 bridgehead atoms. The molecule has 1 rings (SSSR count). The number of unbranched alkanes of at least 4 members (excludes halogenated alkanes) is 2. The normalized spacial score (nSPS) is 24.4. The van der Waals surface area contributed by atoms with Gasteiger partial charge in [0.25, 0.3) is 0 Å². The Morgan fingerprint density at radius 2 is 2.33 bits per heavy atom. The zero-order valence-electron chi connectivity index (χ0n) is 7.84. The predicted octanol–water partition coefficient (Wildman–Crippen LogP) is 2.31. The number of ether oxygens (including phenoxy) is 1. The van der Waals surface area contributed by atoms with Crippen LogP contribution >= 0.6 is 0 Å². The standard InChI is InChI=1S/C10H18O2/c1-2-3-4-5-10-7-6-9(11)8-12-10/h10H,2-8H2,1H3. The zero-order chi connectivity index (χ0) is 8.81. The summed E-state index contributed by atoms with van der Waals surface area (Å²) in [4.78, 5) is 10.8. The molecule has 0 aliphatic carbocycles. The maximum atomic E-state index is 10.8. The van der Waals surface area contributed by atoms with Gasteiger partial charge in [-0.3, -0.25) is 4.79 Å². The average Bonchev–Trinajstić information content (AvgIpc) is 2.09. The summed E-state index contributed by atoms with van der Waals surface area (Å²) in [7, 11) is 0. The summed E-state index contributed by atoms with van der Waals surface area (Å²) >= 11 is 0. The van der Waals surface area contributed by atoms with Gasteiger partial charge in [-0.15, -0.1) is 0 Å². The summed E-state index contributed by atoms with van der Waals surface area (Å²) in [6.45, 7) is 2.56. The van der Waals surface area contributed by atoms with Crippen molar-refractivity contribution in [2.45, 2.75) is 51.6 Å². The molecule has 1 heterocycles. The van der Waals surface area contributed by atoms with Crippen LogP contribution in [-0.2, 0) is 9.53 Å². The summed E-state index contributed by atoms with van der Waals surface area (Å²) in [6, 6.07) is 0.